The van der Waals surface area contributed by atoms with Crippen LogP contribution in [0.2, 0.25) is 0 Å². The lowest BCUT2D eigenvalue weighted by Gasteiger charge is -2.18. The molecule has 6 nitrogen and oxygen atoms in total. The van der Waals surface area contributed by atoms with Crippen molar-refractivity contribution in [3.05, 3.63) is 82.9 Å². The molecular weight excluding hydrogens is 328 g/mol. The maximum atomic E-state index is 12.8. The van der Waals surface area contributed by atoms with Gasteiger partial charge in [-0.05, 0) is 36.2 Å². The zero-order valence-electron chi connectivity index (χ0n) is 13.8. The molecule has 0 saturated carbocycles. The SMILES string of the molecule is N#Cc1ccc(CCc2ncc[nH]2)c(N2C(=O)c3ccccc3C2=O)c1. The Morgan fingerprint density at radius 2 is 1.77 bits per heavy atom. The Labute approximate surface area is 149 Å². The number of aryl methyl sites for hydroxylation is 2. The van der Waals surface area contributed by atoms with Crippen LogP contribution in [-0.2, 0) is 12.8 Å². The Kier molecular flexibility index (Phi) is 3.82. The predicted octanol–water partition coefficient (Wildman–Crippen LogP) is 2.87. The number of aromatic amines is 1. The summed E-state index contributed by atoms with van der Waals surface area (Å²) in [6.45, 7) is 0. The van der Waals surface area contributed by atoms with E-state index in [4.69, 9.17) is 0 Å². The van der Waals surface area contributed by atoms with E-state index < -0.39 is 0 Å². The second-order valence-corrected chi connectivity index (χ2v) is 5.98. The number of imide groups is 1. The fraction of sp³-hybridized carbons (Fsp3) is 0.100. The minimum absolute atomic E-state index is 0.361. The summed E-state index contributed by atoms with van der Waals surface area (Å²) in [5, 5.41) is 9.23. The highest BCUT2D eigenvalue weighted by Gasteiger charge is 2.37. The molecule has 0 unspecified atom stereocenters. The maximum absolute atomic E-state index is 12.8. The fourth-order valence-corrected chi connectivity index (χ4v) is 3.15. The number of carbonyl (C=O) groups excluding carboxylic acids is 2. The first-order valence-corrected chi connectivity index (χ1v) is 8.18. The molecule has 2 aromatic carbocycles. The van der Waals surface area contributed by atoms with Gasteiger partial charge in [0.15, 0.2) is 0 Å². The average Bonchev–Trinajstić information content (AvgIpc) is 3.28. The lowest BCUT2D eigenvalue weighted by molar-refractivity contribution is 0.0926. The Morgan fingerprint density at radius 3 is 2.38 bits per heavy atom. The molecule has 1 N–H and O–H groups in total. The van der Waals surface area contributed by atoms with Crippen LogP contribution in [0.1, 0.15) is 37.7 Å². The summed E-state index contributed by atoms with van der Waals surface area (Å²) >= 11 is 0. The van der Waals surface area contributed by atoms with Crippen LogP contribution in [0.5, 0.6) is 0 Å². The van der Waals surface area contributed by atoms with Crippen molar-refractivity contribution in [1.29, 1.82) is 5.26 Å². The van der Waals surface area contributed by atoms with E-state index in [-0.39, 0.29) is 11.8 Å². The van der Waals surface area contributed by atoms with E-state index in [1.54, 1.807) is 54.9 Å². The number of rotatable bonds is 4. The molecule has 0 saturated heterocycles. The number of benzene rings is 2. The molecule has 1 aliphatic heterocycles. The molecule has 0 fully saturated rings. The monoisotopic (exact) mass is 342 g/mol. The molecule has 2 amide bonds. The maximum Gasteiger partial charge on any atom is 0.266 e. The quantitative estimate of drug-likeness (QED) is 0.738. The van der Waals surface area contributed by atoms with Gasteiger partial charge < -0.3 is 4.98 Å². The number of hydrogen-bond acceptors (Lipinski definition) is 4. The standard InChI is InChI=1S/C20H14N4O2/c21-12-13-5-6-14(7-8-18-22-9-10-23-18)17(11-13)24-19(25)15-3-1-2-4-16(15)20(24)26/h1-6,9-11H,7-8H2,(H,22,23). The van der Waals surface area contributed by atoms with Crippen LogP contribution >= 0.6 is 0 Å². The van der Waals surface area contributed by atoms with Gasteiger partial charge in [-0.25, -0.2) is 9.88 Å². The average molecular weight is 342 g/mol. The van der Waals surface area contributed by atoms with Gasteiger partial charge in [-0.3, -0.25) is 9.59 Å². The fourth-order valence-electron chi connectivity index (χ4n) is 3.15. The normalized spacial score (nSPS) is 13.0. The van der Waals surface area contributed by atoms with Crippen LogP contribution in [0.15, 0.2) is 54.9 Å². The van der Waals surface area contributed by atoms with Crippen LogP contribution in [0.4, 0.5) is 5.69 Å². The molecule has 3 aromatic rings. The molecule has 6 heteroatoms. The van der Waals surface area contributed by atoms with Crippen molar-refractivity contribution >= 4 is 17.5 Å². The van der Waals surface area contributed by atoms with Crippen molar-refractivity contribution in [3.8, 4) is 6.07 Å². The van der Waals surface area contributed by atoms with Crippen LogP contribution in [0.25, 0.3) is 0 Å². The number of imidazole rings is 1. The number of aromatic nitrogens is 2. The molecule has 1 aromatic heterocycles. The molecule has 0 spiro atoms. The molecular formula is C20H14N4O2. The summed E-state index contributed by atoms with van der Waals surface area (Å²) in [7, 11) is 0. The highest BCUT2D eigenvalue weighted by atomic mass is 16.2. The van der Waals surface area contributed by atoms with Gasteiger partial charge in [-0.2, -0.15) is 5.26 Å². The van der Waals surface area contributed by atoms with E-state index in [9.17, 15) is 14.9 Å². The second kappa shape index (κ2) is 6.30. The Morgan fingerprint density at radius 1 is 1.04 bits per heavy atom. The second-order valence-electron chi connectivity index (χ2n) is 5.98. The molecule has 1 aliphatic rings. The number of nitrogens with one attached hydrogen (secondary N) is 1. The molecule has 126 valence electrons. The molecule has 0 aliphatic carbocycles. The van der Waals surface area contributed by atoms with Gasteiger partial charge in [0.2, 0.25) is 0 Å². The number of anilines is 1. The molecule has 0 atom stereocenters. The number of nitriles is 1. The Balaban J connectivity index is 1.74. The van der Waals surface area contributed by atoms with Gasteiger partial charge in [0.25, 0.3) is 11.8 Å². The van der Waals surface area contributed by atoms with Crippen LogP contribution in [0.3, 0.4) is 0 Å². The van der Waals surface area contributed by atoms with E-state index in [0.29, 0.717) is 35.2 Å². The van der Waals surface area contributed by atoms with Crippen LogP contribution < -0.4 is 4.90 Å². The third kappa shape index (κ3) is 2.56. The van der Waals surface area contributed by atoms with Crippen LogP contribution in [0, 0.1) is 11.3 Å². The summed E-state index contributed by atoms with van der Waals surface area (Å²) < 4.78 is 0. The number of hydrogen-bond donors (Lipinski definition) is 1. The van der Waals surface area contributed by atoms with E-state index in [2.05, 4.69) is 16.0 Å². The number of nitrogens with zero attached hydrogens (tertiary/aromatic N) is 3. The van der Waals surface area contributed by atoms with Gasteiger partial charge in [0.1, 0.15) is 5.82 Å². The van der Waals surface area contributed by atoms with E-state index in [1.165, 1.54) is 4.90 Å². The van der Waals surface area contributed by atoms with Crippen molar-refractivity contribution in [2.45, 2.75) is 12.8 Å². The van der Waals surface area contributed by atoms with Gasteiger partial charge >= 0.3 is 0 Å². The highest BCUT2D eigenvalue weighted by molar-refractivity contribution is 6.34. The zero-order chi connectivity index (χ0) is 18.1. The van der Waals surface area contributed by atoms with Gasteiger partial charge in [0.05, 0.1) is 28.4 Å². The molecule has 0 radical (unpaired) electrons. The van der Waals surface area contributed by atoms with Crippen molar-refractivity contribution < 1.29 is 9.59 Å². The number of H-pyrrole nitrogens is 1. The zero-order valence-corrected chi connectivity index (χ0v) is 13.8. The minimum atomic E-state index is -0.361. The number of carbonyl (C=O) groups is 2. The first kappa shape index (κ1) is 15.8. The molecule has 4 rings (SSSR count). The Hall–Kier alpha value is -3.72. The smallest absolute Gasteiger partial charge is 0.266 e. The van der Waals surface area contributed by atoms with Gasteiger partial charge in [0, 0.05) is 18.8 Å². The summed E-state index contributed by atoms with van der Waals surface area (Å²) in [6.07, 6.45) is 4.65. The molecule has 2 heterocycles. The lowest BCUT2D eigenvalue weighted by Crippen LogP contribution is -2.30. The minimum Gasteiger partial charge on any atom is -0.349 e. The highest BCUT2D eigenvalue weighted by Crippen LogP contribution is 2.32. The van der Waals surface area contributed by atoms with Gasteiger partial charge in [-0.1, -0.05) is 18.2 Å². The summed E-state index contributed by atoms with van der Waals surface area (Å²) in [6, 6.07) is 13.9. The summed E-state index contributed by atoms with van der Waals surface area (Å²) in [5.41, 5.74) is 2.45. The first-order chi connectivity index (χ1) is 12.7. The lowest BCUT2D eigenvalue weighted by atomic mass is 10.0. The van der Waals surface area contributed by atoms with E-state index in [0.717, 1.165) is 11.4 Å². The summed E-state index contributed by atoms with van der Waals surface area (Å²) in [4.78, 5) is 34.0. The van der Waals surface area contributed by atoms with Crippen LogP contribution in [-0.4, -0.2) is 21.8 Å². The van der Waals surface area contributed by atoms with Gasteiger partial charge in [-0.15, -0.1) is 0 Å². The van der Waals surface area contributed by atoms with Crippen molar-refractivity contribution in [1.82, 2.24) is 9.97 Å². The molecule has 26 heavy (non-hydrogen) atoms. The largest absolute Gasteiger partial charge is 0.349 e. The predicted molar refractivity (Wildman–Crippen MR) is 94.7 cm³/mol. The summed E-state index contributed by atoms with van der Waals surface area (Å²) in [5.74, 6) is 0.0996. The molecule has 0 bridgehead atoms. The topological polar surface area (TPSA) is 89.8 Å². The van der Waals surface area contributed by atoms with Crippen molar-refractivity contribution in [3.63, 3.8) is 0 Å². The van der Waals surface area contributed by atoms with E-state index in [1.807, 2.05) is 0 Å². The third-order valence-electron chi connectivity index (χ3n) is 4.44. The Bertz CT molecular complexity index is 1010. The van der Waals surface area contributed by atoms with Crippen molar-refractivity contribution in [2.75, 3.05) is 4.90 Å². The number of fused-ring (bicyclic) bond motifs is 1. The first-order valence-electron chi connectivity index (χ1n) is 8.18. The van der Waals surface area contributed by atoms with E-state index >= 15 is 0 Å². The number of amides is 2. The van der Waals surface area contributed by atoms with Crippen molar-refractivity contribution in [2.24, 2.45) is 0 Å². The third-order valence-corrected chi connectivity index (χ3v) is 4.44.